The number of carbonyl (C=O) groups is 2. The number of hydrogen-bond donors (Lipinski definition) is 0. The summed E-state index contributed by atoms with van der Waals surface area (Å²) in [4.78, 5) is 34.7. The fourth-order valence-electron chi connectivity index (χ4n) is 7.09. The lowest BCUT2D eigenvalue weighted by Crippen LogP contribution is -2.70. The maximum atomic E-state index is 11.6. The lowest BCUT2D eigenvalue weighted by Gasteiger charge is -2.60. The van der Waals surface area contributed by atoms with Gasteiger partial charge in [0.25, 0.3) is 0 Å². The largest absolute Gasteiger partial charge is 0.469 e. The van der Waals surface area contributed by atoms with E-state index in [0.29, 0.717) is 31.0 Å². The standard InChI is InChI=1S/C30H50O9/c1-21-13-14-24-22(2)27(36-28-30(24)23(21)17-18-29(3,37-28)38-39-30)35-20-12-10-8-6-5-7-9-11-19-34-26(32)16-15-25(31)33-4/h21-24,27-28H,5-20H2,1-4H3/t21-,22-,23+,24+,27+,28-,29+,30-/m1/s1. The fraction of sp³-hybridized carbons (Fsp3) is 0.933. The minimum absolute atomic E-state index is 0.0763. The molecule has 4 saturated heterocycles. The van der Waals surface area contributed by atoms with Crippen molar-refractivity contribution < 1.29 is 43.0 Å². The number of ether oxygens (including phenoxy) is 5. The molecule has 4 aliphatic heterocycles. The number of unbranched alkanes of at least 4 members (excludes halogenated alkanes) is 7. The third-order valence-corrected chi connectivity index (χ3v) is 9.44. The molecule has 2 bridgehead atoms. The topological polar surface area (TPSA) is 98.8 Å². The van der Waals surface area contributed by atoms with Crippen molar-refractivity contribution in [3.05, 3.63) is 0 Å². The van der Waals surface area contributed by atoms with Crippen LogP contribution in [0.1, 0.15) is 111 Å². The first-order valence-electron chi connectivity index (χ1n) is 15.3. The van der Waals surface area contributed by atoms with E-state index in [1.54, 1.807) is 0 Å². The number of esters is 2. The SMILES string of the molecule is COC(=O)CCC(=O)OCCCCCCCCCCO[C@H]1O[C@@H]2O[C@]3(C)CC[C@H]4[C@H](C)CC[C@@H]([C@H]1C)[C@@]24OO3. The predicted octanol–water partition coefficient (Wildman–Crippen LogP) is 5.83. The molecule has 224 valence electrons. The van der Waals surface area contributed by atoms with E-state index in [1.165, 1.54) is 32.8 Å². The summed E-state index contributed by atoms with van der Waals surface area (Å²) in [6.45, 7) is 7.64. The summed E-state index contributed by atoms with van der Waals surface area (Å²) in [7, 11) is 1.31. The molecular weight excluding hydrogens is 504 g/mol. The molecule has 39 heavy (non-hydrogen) atoms. The van der Waals surface area contributed by atoms with E-state index in [-0.39, 0.29) is 37.0 Å². The highest BCUT2D eigenvalue weighted by atomic mass is 17.3. The van der Waals surface area contributed by atoms with Gasteiger partial charge in [-0.05, 0) is 50.9 Å². The first kappa shape index (κ1) is 30.7. The van der Waals surface area contributed by atoms with Crippen LogP contribution in [0.15, 0.2) is 0 Å². The van der Waals surface area contributed by atoms with Gasteiger partial charge in [-0.3, -0.25) is 9.59 Å². The zero-order valence-corrected chi connectivity index (χ0v) is 24.5. The molecule has 0 aromatic rings. The Balaban J connectivity index is 1.07. The second-order valence-corrected chi connectivity index (χ2v) is 12.3. The van der Waals surface area contributed by atoms with Crippen LogP contribution < -0.4 is 0 Å². The van der Waals surface area contributed by atoms with E-state index in [0.717, 1.165) is 51.4 Å². The van der Waals surface area contributed by atoms with Gasteiger partial charge in [0.1, 0.15) is 0 Å². The maximum Gasteiger partial charge on any atom is 0.306 e. The molecule has 0 unspecified atom stereocenters. The van der Waals surface area contributed by atoms with Crippen LogP contribution in [-0.2, 0) is 43.0 Å². The molecule has 1 saturated carbocycles. The zero-order valence-electron chi connectivity index (χ0n) is 24.5. The van der Waals surface area contributed by atoms with Crippen LogP contribution in [-0.4, -0.2) is 56.2 Å². The van der Waals surface area contributed by atoms with Crippen molar-refractivity contribution in [3.8, 4) is 0 Å². The Hall–Kier alpha value is -1.26. The number of hydrogen-bond acceptors (Lipinski definition) is 9. The summed E-state index contributed by atoms with van der Waals surface area (Å²) in [6, 6.07) is 0. The maximum absolute atomic E-state index is 11.6. The molecule has 0 aromatic carbocycles. The Kier molecular flexibility index (Phi) is 11.1. The molecule has 0 radical (unpaired) electrons. The molecule has 1 spiro atoms. The molecule has 9 nitrogen and oxygen atoms in total. The van der Waals surface area contributed by atoms with Gasteiger partial charge in [-0.2, -0.15) is 0 Å². The number of carbonyl (C=O) groups excluding carboxylic acids is 2. The Bertz CT molecular complexity index is 805. The fourth-order valence-corrected chi connectivity index (χ4v) is 7.09. The zero-order chi connectivity index (χ0) is 27.9. The van der Waals surface area contributed by atoms with Crippen LogP contribution in [0.25, 0.3) is 0 Å². The Morgan fingerprint density at radius 1 is 0.821 bits per heavy atom. The molecule has 5 rings (SSSR count). The first-order chi connectivity index (χ1) is 18.8. The lowest BCUT2D eigenvalue weighted by molar-refractivity contribution is -0.577. The summed E-state index contributed by atoms with van der Waals surface area (Å²) < 4.78 is 28.9. The normalized spacial score (nSPS) is 37.1. The molecule has 5 aliphatic rings. The van der Waals surface area contributed by atoms with Crippen molar-refractivity contribution in [3.63, 3.8) is 0 Å². The molecule has 0 aromatic heterocycles. The Morgan fingerprint density at radius 3 is 2.21 bits per heavy atom. The average molecular weight is 555 g/mol. The van der Waals surface area contributed by atoms with E-state index in [2.05, 4.69) is 18.6 Å². The van der Waals surface area contributed by atoms with E-state index in [9.17, 15) is 9.59 Å². The van der Waals surface area contributed by atoms with E-state index in [1.807, 2.05) is 6.92 Å². The van der Waals surface area contributed by atoms with Gasteiger partial charge < -0.3 is 23.7 Å². The van der Waals surface area contributed by atoms with Gasteiger partial charge in [0.15, 0.2) is 18.2 Å². The summed E-state index contributed by atoms with van der Waals surface area (Å²) in [5.74, 6) is -0.0154. The van der Waals surface area contributed by atoms with Crippen LogP contribution in [0.4, 0.5) is 0 Å². The lowest BCUT2D eigenvalue weighted by atomic mass is 9.58. The van der Waals surface area contributed by atoms with Crippen molar-refractivity contribution in [2.24, 2.45) is 23.7 Å². The molecule has 8 atom stereocenters. The molecule has 1 aliphatic carbocycles. The van der Waals surface area contributed by atoms with Crippen LogP contribution in [0.5, 0.6) is 0 Å². The van der Waals surface area contributed by atoms with Crippen molar-refractivity contribution >= 4 is 11.9 Å². The second-order valence-electron chi connectivity index (χ2n) is 12.3. The van der Waals surface area contributed by atoms with E-state index >= 15 is 0 Å². The average Bonchev–Trinajstić information content (AvgIpc) is 3.16. The monoisotopic (exact) mass is 554 g/mol. The molecule has 4 heterocycles. The Labute approximate surface area is 233 Å². The number of methoxy groups -OCH3 is 1. The van der Waals surface area contributed by atoms with Gasteiger partial charge >= 0.3 is 11.9 Å². The van der Waals surface area contributed by atoms with Crippen molar-refractivity contribution in [2.45, 2.75) is 135 Å². The van der Waals surface area contributed by atoms with Gasteiger partial charge in [-0.1, -0.05) is 52.4 Å². The van der Waals surface area contributed by atoms with Crippen molar-refractivity contribution in [1.29, 1.82) is 0 Å². The Morgan fingerprint density at radius 2 is 1.49 bits per heavy atom. The van der Waals surface area contributed by atoms with Crippen LogP contribution in [0, 0.1) is 23.7 Å². The quantitative estimate of drug-likeness (QED) is 0.141. The molecular formula is C30H50O9. The minimum Gasteiger partial charge on any atom is -0.469 e. The van der Waals surface area contributed by atoms with Crippen LogP contribution in [0.2, 0.25) is 0 Å². The van der Waals surface area contributed by atoms with E-state index in [4.69, 9.17) is 28.7 Å². The van der Waals surface area contributed by atoms with Gasteiger partial charge in [-0.25, -0.2) is 9.78 Å². The van der Waals surface area contributed by atoms with Crippen LogP contribution in [0.3, 0.4) is 0 Å². The molecule has 5 fully saturated rings. The molecule has 0 N–H and O–H groups in total. The highest BCUT2D eigenvalue weighted by molar-refractivity contribution is 5.77. The van der Waals surface area contributed by atoms with E-state index < -0.39 is 17.7 Å². The number of rotatable bonds is 15. The summed E-state index contributed by atoms with van der Waals surface area (Å²) >= 11 is 0. The van der Waals surface area contributed by atoms with Gasteiger partial charge in [0.2, 0.25) is 5.79 Å². The highest BCUT2D eigenvalue weighted by Gasteiger charge is 2.69. The minimum atomic E-state index is -0.751. The summed E-state index contributed by atoms with van der Waals surface area (Å²) in [5.41, 5.74) is -0.529. The third kappa shape index (κ3) is 7.34. The second kappa shape index (κ2) is 14.1. The predicted molar refractivity (Wildman–Crippen MR) is 142 cm³/mol. The van der Waals surface area contributed by atoms with Gasteiger partial charge in [0, 0.05) is 24.9 Å². The smallest absolute Gasteiger partial charge is 0.306 e. The highest BCUT2D eigenvalue weighted by Crippen LogP contribution is 2.60. The summed E-state index contributed by atoms with van der Waals surface area (Å²) in [6.07, 6.45) is 12.4. The first-order valence-corrected chi connectivity index (χ1v) is 15.3. The third-order valence-electron chi connectivity index (χ3n) is 9.44. The van der Waals surface area contributed by atoms with Gasteiger partial charge in [0.05, 0.1) is 26.6 Å². The molecule has 9 heteroatoms. The van der Waals surface area contributed by atoms with Crippen LogP contribution >= 0.6 is 0 Å². The number of fused-ring (bicyclic) bond motifs is 2. The molecule has 0 amide bonds. The van der Waals surface area contributed by atoms with Crippen molar-refractivity contribution in [2.75, 3.05) is 20.3 Å². The summed E-state index contributed by atoms with van der Waals surface area (Å²) in [5, 5.41) is 0. The van der Waals surface area contributed by atoms with Gasteiger partial charge in [-0.15, -0.1) is 0 Å². The van der Waals surface area contributed by atoms with Crippen molar-refractivity contribution in [1.82, 2.24) is 0 Å².